The number of amides is 1. The Morgan fingerprint density at radius 1 is 1.21 bits per heavy atom. The van der Waals surface area contributed by atoms with E-state index in [9.17, 15) is 27.1 Å². The Morgan fingerprint density at radius 2 is 1.97 bits per heavy atom. The van der Waals surface area contributed by atoms with E-state index < -0.39 is 33.5 Å². The number of fused-ring (bicyclic) bond motifs is 1. The topological polar surface area (TPSA) is 124 Å². The monoisotopic (exact) mass is 550 g/mol. The fraction of sp³-hybridized carbons (Fsp3) is 0.538. The Balaban J connectivity index is 1.27. The van der Waals surface area contributed by atoms with Crippen LogP contribution in [-0.4, -0.2) is 76.5 Å². The van der Waals surface area contributed by atoms with Gasteiger partial charge < -0.3 is 20.1 Å². The van der Waals surface area contributed by atoms with Gasteiger partial charge in [-0.3, -0.25) is 9.79 Å². The molecule has 1 amide bonds. The summed E-state index contributed by atoms with van der Waals surface area (Å²) in [6, 6.07) is 7.26. The van der Waals surface area contributed by atoms with Crippen LogP contribution in [0.1, 0.15) is 44.1 Å². The van der Waals surface area contributed by atoms with Crippen molar-refractivity contribution in [3.8, 4) is 0 Å². The van der Waals surface area contributed by atoms with Crippen LogP contribution in [0.15, 0.2) is 40.9 Å². The van der Waals surface area contributed by atoms with Crippen molar-refractivity contribution in [2.45, 2.75) is 62.6 Å². The van der Waals surface area contributed by atoms with Crippen LogP contribution in [0.25, 0.3) is 17.0 Å². The molecule has 1 unspecified atom stereocenters. The maximum Gasteiger partial charge on any atom is 0.253 e. The first-order valence-corrected chi connectivity index (χ1v) is 14.4. The number of nitrogens with zero attached hydrogens (tertiary/aromatic N) is 3. The van der Waals surface area contributed by atoms with E-state index in [4.69, 9.17) is 5.11 Å². The molecule has 1 saturated carbocycles. The van der Waals surface area contributed by atoms with Gasteiger partial charge in [0.2, 0.25) is 15.9 Å². The zero-order chi connectivity index (χ0) is 27.1. The van der Waals surface area contributed by atoms with Crippen molar-refractivity contribution in [1.82, 2.24) is 14.2 Å². The molecule has 1 spiro atoms. The normalized spacial score (nSPS) is 24.7. The number of alkyl halides is 2. The van der Waals surface area contributed by atoms with Gasteiger partial charge in [-0.2, -0.15) is 4.31 Å². The third kappa shape index (κ3) is 5.27. The molecule has 206 valence electrons. The van der Waals surface area contributed by atoms with Gasteiger partial charge in [-0.25, -0.2) is 17.2 Å². The number of rotatable bonds is 7. The molecule has 1 aromatic carbocycles. The number of aliphatic hydroxyl groups excluding tert-OH is 2. The summed E-state index contributed by atoms with van der Waals surface area (Å²) >= 11 is 0. The Bertz CT molecular complexity index is 1380. The smallest absolute Gasteiger partial charge is 0.253 e. The second kappa shape index (κ2) is 10.1. The summed E-state index contributed by atoms with van der Waals surface area (Å²) in [5.74, 6) is -3.27. The number of benzene rings is 1. The standard InChI is InChI=1S/C26H32F2N4O5S/c27-26(28)8-2-4-19(15-26)23-29-24(35)25(30-23)9-12-32(13-10-25)38(36,37)14-7-18-3-1-5-22-21(18)6-11-31(22)16-20(34)17-33/h1,3,5-7,11,14,19-20,33-34H,2,4,8-10,12-13,15-17H2,(H,29,30,35)/b14-7+/t19?,20-/m0/s1. The molecule has 5 rings (SSSR count). The largest absolute Gasteiger partial charge is 0.394 e. The molecule has 2 atom stereocenters. The lowest BCUT2D eigenvalue weighted by molar-refractivity contribution is -0.125. The maximum atomic E-state index is 13.9. The van der Waals surface area contributed by atoms with Gasteiger partial charge in [0, 0.05) is 54.4 Å². The average Bonchev–Trinajstić information content (AvgIpc) is 3.43. The molecular formula is C26H32F2N4O5S. The summed E-state index contributed by atoms with van der Waals surface area (Å²) in [5, 5.41) is 23.6. The number of aromatic nitrogens is 1. The molecule has 12 heteroatoms. The van der Waals surface area contributed by atoms with E-state index in [1.165, 1.54) is 10.4 Å². The van der Waals surface area contributed by atoms with E-state index in [1.54, 1.807) is 22.9 Å². The number of nitrogens with one attached hydrogen (secondary N) is 1. The van der Waals surface area contributed by atoms with Crippen LogP contribution in [-0.2, 0) is 21.4 Å². The van der Waals surface area contributed by atoms with Gasteiger partial charge in [-0.15, -0.1) is 0 Å². The van der Waals surface area contributed by atoms with Crippen LogP contribution in [0.2, 0.25) is 0 Å². The van der Waals surface area contributed by atoms with Crippen molar-refractivity contribution < 1.29 is 32.2 Å². The van der Waals surface area contributed by atoms with Crippen LogP contribution in [0.4, 0.5) is 8.78 Å². The summed E-state index contributed by atoms with van der Waals surface area (Å²) in [6.07, 6.45) is 3.21. The highest BCUT2D eigenvalue weighted by Gasteiger charge is 2.49. The lowest BCUT2D eigenvalue weighted by Crippen LogP contribution is -2.50. The Morgan fingerprint density at radius 3 is 2.68 bits per heavy atom. The second-order valence-corrected chi connectivity index (χ2v) is 12.3. The summed E-state index contributed by atoms with van der Waals surface area (Å²) in [7, 11) is -3.79. The van der Waals surface area contributed by atoms with E-state index in [0.717, 1.165) is 16.3 Å². The van der Waals surface area contributed by atoms with Crippen molar-refractivity contribution >= 4 is 38.7 Å². The fourth-order valence-corrected chi connectivity index (χ4v) is 6.85. The zero-order valence-electron chi connectivity index (χ0n) is 20.9. The molecule has 0 radical (unpaired) electrons. The molecule has 1 aromatic heterocycles. The number of hydrogen-bond acceptors (Lipinski definition) is 6. The number of piperidine rings is 1. The minimum atomic E-state index is -3.79. The predicted molar refractivity (Wildman–Crippen MR) is 139 cm³/mol. The molecule has 9 nitrogen and oxygen atoms in total. The molecule has 3 aliphatic rings. The van der Waals surface area contributed by atoms with Crippen LogP contribution < -0.4 is 5.32 Å². The Hall–Kier alpha value is -2.67. The molecule has 3 heterocycles. The van der Waals surface area contributed by atoms with Crippen LogP contribution in [0, 0.1) is 5.92 Å². The first-order valence-electron chi connectivity index (χ1n) is 12.9. The predicted octanol–water partition coefficient (Wildman–Crippen LogP) is 2.48. The molecular weight excluding hydrogens is 518 g/mol. The molecule has 2 aromatic rings. The Kier molecular flexibility index (Phi) is 7.18. The number of sulfonamides is 1. The first-order chi connectivity index (χ1) is 18.0. The lowest BCUT2D eigenvalue weighted by Gasteiger charge is -2.34. The van der Waals surface area contributed by atoms with E-state index in [1.807, 2.05) is 12.1 Å². The maximum absolute atomic E-state index is 13.9. The molecule has 1 aliphatic carbocycles. The molecule has 2 aliphatic heterocycles. The number of carbonyl (C=O) groups excluding carboxylic acids is 1. The van der Waals surface area contributed by atoms with Crippen molar-refractivity contribution in [1.29, 1.82) is 0 Å². The minimum absolute atomic E-state index is 0.0946. The summed E-state index contributed by atoms with van der Waals surface area (Å²) in [4.78, 5) is 17.4. The van der Waals surface area contributed by atoms with E-state index in [2.05, 4.69) is 10.3 Å². The third-order valence-corrected chi connectivity index (χ3v) is 9.39. The highest BCUT2D eigenvalue weighted by atomic mass is 32.2. The number of hydrogen-bond donors (Lipinski definition) is 3. The van der Waals surface area contributed by atoms with Gasteiger partial charge in [0.25, 0.3) is 5.91 Å². The number of halogens is 2. The van der Waals surface area contributed by atoms with Crippen LogP contribution in [0.3, 0.4) is 0 Å². The van der Waals surface area contributed by atoms with E-state index >= 15 is 0 Å². The SMILES string of the molecule is O=C1NC(C2CCCC(F)(F)C2)=NC12CCN(S(=O)(=O)/C=C/c1cccc3c1ccn3C[C@H](O)CO)CC2. The van der Waals surface area contributed by atoms with Gasteiger partial charge >= 0.3 is 0 Å². The van der Waals surface area contributed by atoms with Crippen LogP contribution in [0.5, 0.6) is 0 Å². The number of aliphatic imine (C=N–C) groups is 1. The highest BCUT2D eigenvalue weighted by Crippen LogP contribution is 2.40. The van der Waals surface area contributed by atoms with Gasteiger partial charge in [-0.1, -0.05) is 12.1 Å². The number of amidine groups is 1. The van der Waals surface area contributed by atoms with E-state index in [0.29, 0.717) is 24.2 Å². The van der Waals surface area contributed by atoms with E-state index in [-0.39, 0.29) is 57.8 Å². The van der Waals surface area contributed by atoms with Gasteiger partial charge in [0.15, 0.2) is 0 Å². The van der Waals surface area contributed by atoms with Crippen molar-refractivity contribution in [2.75, 3.05) is 19.7 Å². The van der Waals surface area contributed by atoms with Gasteiger partial charge in [-0.05, 0) is 49.5 Å². The van der Waals surface area contributed by atoms with Crippen molar-refractivity contribution in [3.05, 3.63) is 41.4 Å². The van der Waals surface area contributed by atoms with Gasteiger partial charge in [0.1, 0.15) is 11.4 Å². The van der Waals surface area contributed by atoms with Crippen molar-refractivity contribution in [2.24, 2.45) is 10.9 Å². The van der Waals surface area contributed by atoms with Gasteiger partial charge in [0.05, 0.1) is 19.3 Å². The molecule has 3 N–H and O–H groups in total. The Labute approximate surface area is 219 Å². The summed E-state index contributed by atoms with van der Waals surface area (Å²) < 4.78 is 57.1. The molecule has 2 fully saturated rings. The molecule has 38 heavy (non-hydrogen) atoms. The lowest BCUT2D eigenvalue weighted by atomic mass is 9.85. The fourth-order valence-electron chi connectivity index (χ4n) is 5.67. The number of carbonyl (C=O) groups is 1. The first kappa shape index (κ1) is 26.9. The second-order valence-electron chi connectivity index (χ2n) is 10.5. The minimum Gasteiger partial charge on any atom is -0.394 e. The third-order valence-electron chi connectivity index (χ3n) is 7.82. The quantitative estimate of drug-likeness (QED) is 0.489. The zero-order valence-corrected chi connectivity index (χ0v) is 21.7. The molecule has 0 bridgehead atoms. The summed E-state index contributed by atoms with van der Waals surface area (Å²) in [6.45, 7) is 0.0377. The van der Waals surface area contributed by atoms with Crippen LogP contribution >= 0.6 is 0 Å². The van der Waals surface area contributed by atoms with Crippen molar-refractivity contribution in [3.63, 3.8) is 0 Å². The average molecular weight is 551 g/mol. The molecule has 1 saturated heterocycles. The highest BCUT2D eigenvalue weighted by molar-refractivity contribution is 7.92. The summed E-state index contributed by atoms with van der Waals surface area (Å²) in [5.41, 5.74) is 0.380. The number of aliphatic hydroxyl groups is 2.